The van der Waals surface area contributed by atoms with Crippen molar-refractivity contribution in [3.63, 3.8) is 0 Å². The number of nitrogens with one attached hydrogen (secondary N) is 1. The molecule has 1 aliphatic heterocycles. The molecule has 1 aliphatic rings. The maximum absolute atomic E-state index is 10.9. The van der Waals surface area contributed by atoms with E-state index in [2.05, 4.69) is 5.32 Å². The second-order valence-electron chi connectivity index (χ2n) is 5.96. The molecule has 0 saturated carbocycles. The zero-order chi connectivity index (χ0) is 14.0. The fourth-order valence-corrected chi connectivity index (χ4v) is 2.55. The van der Waals surface area contributed by atoms with Gasteiger partial charge < -0.3 is 15.5 Å². The molecule has 0 spiro atoms. The Balaban J connectivity index is 2.01. The summed E-state index contributed by atoms with van der Waals surface area (Å²) < 4.78 is 0. The molecule has 0 aliphatic carbocycles. The van der Waals surface area contributed by atoms with Crippen LogP contribution in [0.15, 0.2) is 24.3 Å². The van der Waals surface area contributed by atoms with Crippen molar-refractivity contribution in [1.29, 1.82) is 0 Å². The highest BCUT2D eigenvalue weighted by Crippen LogP contribution is 2.27. The van der Waals surface area contributed by atoms with Gasteiger partial charge in [0.05, 0.1) is 11.5 Å². The Morgan fingerprint density at radius 3 is 2.47 bits per heavy atom. The Kier molecular flexibility index (Phi) is 3.92. The van der Waals surface area contributed by atoms with Crippen molar-refractivity contribution in [2.45, 2.75) is 38.3 Å². The first-order chi connectivity index (χ1) is 8.85. The van der Waals surface area contributed by atoms with Gasteiger partial charge >= 0.3 is 5.97 Å². The third-order valence-electron chi connectivity index (χ3n) is 3.50. The highest BCUT2D eigenvalue weighted by molar-refractivity contribution is 5.70. The third-order valence-corrected chi connectivity index (χ3v) is 3.50. The smallest absolute Gasteiger partial charge is 0.307 e. The van der Waals surface area contributed by atoms with E-state index in [1.807, 2.05) is 24.3 Å². The highest BCUT2D eigenvalue weighted by atomic mass is 16.4. The van der Waals surface area contributed by atoms with E-state index >= 15 is 0 Å². The van der Waals surface area contributed by atoms with Crippen molar-refractivity contribution in [2.75, 3.05) is 6.54 Å². The molecule has 2 atom stereocenters. The van der Waals surface area contributed by atoms with Crippen molar-refractivity contribution in [2.24, 2.45) is 5.92 Å². The molecule has 4 nitrogen and oxygen atoms in total. The fourth-order valence-electron chi connectivity index (χ4n) is 2.55. The molecule has 0 amide bonds. The molecule has 1 aromatic rings. The molecular weight excluding hydrogens is 242 g/mol. The summed E-state index contributed by atoms with van der Waals surface area (Å²) in [4.78, 5) is 10.9. The van der Waals surface area contributed by atoms with Gasteiger partial charge in [-0.25, -0.2) is 0 Å². The van der Waals surface area contributed by atoms with E-state index in [9.17, 15) is 9.90 Å². The van der Waals surface area contributed by atoms with E-state index in [1.54, 1.807) is 13.8 Å². The van der Waals surface area contributed by atoms with Crippen molar-refractivity contribution in [3.05, 3.63) is 35.4 Å². The summed E-state index contributed by atoms with van der Waals surface area (Å²) >= 11 is 0. The number of rotatable bonds is 4. The Morgan fingerprint density at radius 2 is 2.00 bits per heavy atom. The van der Waals surface area contributed by atoms with Crippen LogP contribution in [0.4, 0.5) is 0 Å². The van der Waals surface area contributed by atoms with Crippen LogP contribution >= 0.6 is 0 Å². The molecule has 2 rings (SSSR count). The monoisotopic (exact) mass is 263 g/mol. The summed E-state index contributed by atoms with van der Waals surface area (Å²) in [6.45, 7) is 4.11. The molecule has 0 bridgehead atoms. The van der Waals surface area contributed by atoms with Crippen LogP contribution in [0.5, 0.6) is 0 Å². The number of hydrogen-bond donors (Lipinski definition) is 3. The van der Waals surface area contributed by atoms with Crippen LogP contribution in [0.2, 0.25) is 0 Å². The standard InChI is InChI=1S/C15H21NO3/c1-15(2,19)8-10-3-5-11(6-4-10)13-7-12(9-16-13)14(17)18/h3-6,12-13,16,19H,7-9H2,1-2H3,(H,17,18). The number of carboxylic acid groups (broad SMARTS) is 1. The highest BCUT2D eigenvalue weighted by Gasteiger charge is 2.29. The van der Waals surface area contributed by atoms with E-state index in [1.165, 1.54) is 0 Å². The van der Waals surface area contributed by atoms with E-state index in [-0.39, 0.29) is 12.0 Å². The molecule has 104 valence electrons. The lowest BCUT2D eigenvalue weighted by atomic mass is 9.95. The number of aliphatic carboxylic acids is 1. The minimum absolute atomic E-state index is 0.122. The van der Waals surface area contributed by atoms with Crippen LogP contribution in [-0.2, 0) is 11.2 Å². The van der Waals surface area contributed by atoms with Gasteiger partial charge in [-0.15, -0.1) is 0 Å². The molecule has 0 radical (unpaired) electrons. The van der Waals surface area contributed by atoms with Gasteiger partial charge in [0, 0.05) is 19.0 Å². The van der Waals surface area contributed by atoms with Crippen molar-refractivity contribution >= 4 is 5.97 Å². The lowest BCUT2D eigenvalue weighted by Crippen LogP contribution is -2.21. The number of carboxylic acids is 1. The predicted octanol–water partition coefficient (Wildman–Crippen LogP) is 1.74. The van der Waals surface area contributed by atoms with Crippen LogP contribution in [-0.4, -0.2) is 28.3 Å². The first-order valence-electron chi connectivity index (χ1n) is 6.62. The summed E-state index contributed by atoms with van der Waals surface area (Å²) in [5, 5.41) is 22.0. The van der Waals surface area contributed by atoms with Gasteiger partial charge in [-0.05, 0) is 31.4 Å². The fraction of sp³-hybridized carbons (Fsp3) is 0.533. The zero-order valence-corrected chi connectivity index (χ0v) is 11.4. The maximum atomic E-state index is 10.9. The maximum Gasteiger partial charge on any atom is 0.307 e. The van der Waals surface area contributed by atoms with Gasteiger partial charge in [-0.1, -0.05) is 24.3 Å². The first kappa shape index (κ1) is 14.0. The van der Waals surface area contributed by atoms with Gasteiger partial charge in [-0.2, -0.15) is 0 Å². The van der Waals surface area contributed by atoms with Crippen molar-refractivity contribution < 1.29 is 15.0 Å². The average Bonchev–Trinajstić information content (AvgIpc) is 2.77. The van der Waals surface area contributed by atoms with E-state index in [4.69, 9.17) is 5.11 Å². The Bertz CT molecular complexity index is 447. The van der Waals surface area contributed by atoms with E-state index in [0.29, 0.717) is 19.4 Å². The van der Waals surface area contributed by atoms with Crippen molar-refractivity contribution in [3.8, 4) is 0 Å². The summed E-state index contributed by atoms with van der Waals surface area (Å²) in [7, 11) is 0. The zero-order valence-electron chi connectivity index (χ0n) is 11.4. The molecule has 1 saturated heterocycles. The first-order valence-corrected chi connectivity index (χ1v) is 6.62. The molecule has 4 heteroatoms. The van der Waals surface area contributed by atoms with Gasteiger partial charge in [0.15, 0.2) is 0 Å². The van der Waals surface area contributed by atoms with Gasteiger partial charge in [0.25, 0.3) is 0 Å². The van der Waals surface area contributed by atoms with E-state index < -0.39 is 11.6 Å². The van der Waals surface area contributed by atoms with Crippen LogP contribution in [0.1, 0.15) is 37.4 Å². The topological polar surface area (TPSA) is 69.6 Å². The van der Waals surface area contributed by atoms with Crippen LogP contribution in [0, 0.1) is 5.92 Å². The number of benzene rings is 1. The lowest BCUT2D eigenvalue weighted by Gasteiger charge is -2.18. The normalized spacial score (nSPS) is 23.5. The quantitative estimate of drug-likeness (QED) is 0.774. The molecule has 19 heavy (non-hydrogen) atoms. The minimum Gasteiger partial charge on any atom is -0.481 e. The SMILES string of the molecule is CC(C)(O)Cc1ccc(C2CC(C(=O)O)CN2)cc1. The molecular formula is C15H21NO3. The second-order valence-corrected chi connectivity index (χ2v) is 5.96. The van der Waals surface area contributed by atoms with Gasteiger partial charge in [0.2, 0.25) is 0 Å². The van der Waals surface area contributed by atoms with Crippen LogP contribution in [0.3, 0.4) is 0 Å². The van der Waals surface area contributed by atoms with Gasteiger partial charge in [0.1, 0.15) is 0 Å². The average molecular weight is 263 g/mol. The second kappa shape index (κ2) is 5.31. The summed E-state index contributed by atoms with van der Waals surface area (Å²) in [5.74, 6) is -1.02. The Hall–Kier alpha value is -1.39. The lowest BCUT2D eigenvalue weighted by molar-refractivity contribution is -0.141. The van der Waals surface area contributed by atoms with Crippen LogP contribution in [0.25, 0.3) is 0 Å². The van der Waals surface area contributed by atoms with E-state index in [0.717, 1.165) is 11.1 Å². The summed E-state index contributed by atoms with van der Waals surface area (Å²) in [6, 6.07) is 8.16. The molecule has 3 N–H and O–H groups in total. The van der Waals surface area contributed by atoms with Gasteiger partial charge in [-0.3, -0.25) is 4.79 Å². The largest absolute Gasteiger partial charge is 0.481 e. The Labute approximate surface area is 113 Å². The molecule has 1 fully saturated rings. The number of hydrogen-bond acceptors (Lipinski definition) is 3. The minimum atomic E-state index is -0.728. The summed E-state index contributed by atoms with van der Waals surface area (Å²) in [5.41, 5.74) is 1.49. The number of aliphatic hydroxyl groups is 1. The molecule has 1 heterocycles. The molecule has 0 aromatic heterocycles. The summed E-state index contributed by atoms with van der Waals surface area (Å²) in [6.07, 6.45) is 1.25. The predicted molar refractivity (Wildman–Crippen MR) is 72.9 cm³/mol. The Morgan fingerprint density at radius 1 is 1.37 bits per heavy atom. The van der Waals surface area contributed by atoms with Crippen LogP contribution < -0.4 is 5.32 Å². The molecule has 1 aromatic carbocycles. The number of carbonyl (C=O) groups is 1. The third kappa shape index (κ3) is 3.78. The van der Waals surface area contributed by atoms with Crippen molar-refractivity contribution in [1.82, 2.24) is 5.32 Å². The molecule has 2 unspecified atom stereocenters.